The molecule has 0 aliphatic carbocycles. The predicted octanol–water partition coefficient (Wildman–Crippen LogP) is 4.21. The number of halogens is 1. The number of benzene rings is 3. The van der Waals surface area contributed by atoms with Crippen LogP contribution in [0.15, 0.2) is 77.8 Å². The molecule has 0 radical (unpaired) electrons. The van der Waals surface area contributed by atoms with Gasteiger partial charge in [0, 0.05) is 29.9 Å². The van der Waals surface area contributed by atoms with Crippen LogP contribution in [-0.4, -0.2) is 35.8 Å². The zero-order valence-electron chi connectivity index (χ0n) is 17.4. The number of benzodiazepines with no additional fused rings is 1. The summed E-state index contributed by atoms with van der Waals surface area (Å²) in [5, 5.41) is 16.1. The van der Waals surface area contributed by atoms with Crippen LogP contribution in [0.5, 0.6) is 0 Å². The third kappa shape index (κ3) is 4.53. The summed E-state index contributed by atoms with van der Waals surface area (Å²) in [6.45, 7) is 0. The van der Waals surface area contributed by atoms with Gasteiger partial charge in [-0.1, -0.05) is 60.1 Å². The van der Waals surface area contributed by atoms with Crippen molar-refractivity contribution in [1.82, 2.24) is 5.32 Å². The molecule has 0 aromatic heterocycles. The Morgan fingerprint density at radius 2 is 1.79 bits per heavy atom. The molecule has 0 unspecified atom stereocenters. The van der Waals surface area contributed by atoms with Crippen LogP contribution in [0.1, 0.15) is 11.1 Å². The van der Waals surface area contributed by atoms with Crippen molar-refractivity contribution in [3.8, 4) is 0 Å². The summed E-state index contributed by atoms with van der Waals surface area (Å²) in [6, 6.07) is 19.8. The second kappa shape index (κ2) is 9.09. The van der Waals surface area contributed by atoms with E-state index in [9.17, 15) is 19.7 Å². The van der Waals surface area contributed by atoms with Gasteiger partial charge in [0.15, 0.2) is 0 Å². The lowest BCUT2D eigenvalue weighted by atomic mass is 10.0. The summed E-state index contributed by atoms with van der Waals surface area (Å²) < 4.78 is 0. The molecule has 4 rings (SSSR count). The number of rotatable bonds is 4. The lowest BCUT2D eigenvalue weighted by molar-refractivity contribution is -0.384. The molecule has 1 atom stereocenters. The summed E-state index contributed by atoms with van der Waals surface area (Å²) in [5.74, 6) is -0.439. The molecule has 0 spiro atoms. The average molecular weight is 464 g/mol. The average Bonchev–Trinajstić information content (AvgIpc) is 2.91. The Labute approximate surface area is 193 Å². The van der Waals surface area contributed by atoms with Crippen LogP contribution in [0.3, 0.4) is 0 Å². The van der Waals surface area contributed by atoms with E-state index in [-0.39, 0.29) is 16.4 Å². The van der Waals surface area contributed by atoms with E-state index < -0.39 is 23.0 Å². The molecule has 0 saturated carbocycles. The first kappa shape index (κ1) is 22.0. The molecule has 33 heavy (non-hydrogen) atoms. The number of hydrogen-bond acceptors (Lipinski definition) is 5. The van der Waals surface area contributed by atoms with Crippen LogP contribution in [0.25, 0.3) is 0 Å². The molecule has 3 aromatic rings. The number of likely N-dealkylation sites (N-methyl/N-ethyl adjacent to an activating group) is 1. The van der Waals surface area contributed by atoms with Crippen molar-refractivity contribution in [2.24, 2.45) is 4.99 Å². The zero-order chi connectivity index (χ0) is 23.5. The fourth-order valence-corrected chi connectivity index (χ4v) is 3.65. The Hall–Kier alpha value is -4.24. The van der Waals surface area contributed by atoms with Gasteiger partial charge in [0.1, 0.15) is 5.02 Å². The number of para-hydroxylation sites is 1. The van der Waals surface area contributed by atoms with E-state index in [0.29, 0.717) is 11.4 Å². The smallest absolute Gasteiger partial charge is 0.311 e. The molecule has 3 aromatic carbocycles. The number of hydrogen-bond donors (Lipinski definition) is 2. The molecular formula is C23H18ClN5O4. The Bertz CT molecular complexity index is 1280. The first-order valence-corrected chi connectivity index (χ1v) is 10.2. The Morgan fingerprint density at radius 3 is 2.52 bits per heavy atom. The number of carbonyl (C=O) groups excluding carboxylic acids is 2. The van der Waals surface area contributed by atoms with Crippen molar-refractivity contribution >= 4 is 46.3 Å². The lowest BCUT2D eigenvalue weighted by Crippen LogP contribution is -2.47. The molecule has 0 saturated heterocycles. The number of carbonyl (C=O) groups is 2. The zero-order valence-corrected chi connectivity index (χ0v) is 18.1. The molecule has 1 aliphatic heterocycles. The first-order chi connectivity index (χ1) is 15.8. The maximum absolute atomic E-state index is 13.1. The van der Waals surface area contributed by atoms with E-state index >= 15 is 0 Å². The maximum Gasteiger partial charge on any atom is 0.321 e. The predicted molar refractivity (Wildman–Crippen MR) is 126 cm³/mol. The summed E-state index contributed by atoms with van der Waals surface area (Å²) >= 11 is 5.82. The summed E-state index contributed by atoms with van der Waals surface area (Å²) in [7, 11) is 1.61. The topological polar surface area (TPSA) is 117 Å². The Kier molecular flexibility index (Phi) is 6.05. The van der Waals surface area contributed by atoms with Gasteiger partial charge in [0.05, 0.1) is 16.3 Å². The molecule has 9 nitrogen and oxygen atoms in total. The normalized spacial score (nSPS) is 15.2. The minimum atomic E-state index is -1.22. The van der Waals surface area contributed by atoms with Crippen molar-refractivity contribution < 1.29 is 14.5 Å². The number of amides is 3. The third-order valence-corrected chi connectivity index (χ3v) is 5.38. The van der Waals surface area contributed by atoms with Gasteiger partial charge in [-0.25, -0.2) is 9.79 Å². The second-order valence-corrected chi connectivity index (χ2v) is 7.59. The van der Waals surface area contributed by atoms with Crippen molar-refractivity contribution in [3.63, 3.8) is 0 Å². The van der Waals surface area contributed by atoms with E-state index in [1.807, 2.05) is 48.5 Å². The van der Waals surface area contributed by atoms with Crippen LogP contribution in [-0.2, 0) is 4.79 Å². The van der Waals surface area contributed by atoms with Crippen molar-refractivity contribution in [2.75, 3.05) is 17.3 Å². The quantitative estimate of drug-likeness (QED) is 0.445. The molecule has 166 valence electrons. The number of nitrogens with one attached hydrogen (secondary N) is 2. The van der Waals surface area contributed by atoms with E-state index in [4.69, 9.17) is 11.6 Å². The number of urea groups is 1. The molecule has 0 fully saturated rings. The lowest BCUT2D eigenvalue weighted by Gasteiger charge is -2.21. The number of nitro benzene ring substituents is 1. The van der Waals surface area contributed by atoms with Gasteiger partial charge in [-0.15, -0.1) is 0 Å². The number of anilines is 2. The van der Waals surface area contributed by atoms with Gasteiger partial charge < -0.3 is 15.5 Å². The molecule has 0 bridgehead atoms. The van der Waals surface area contributed by atoms with Gasteiger partial charge >= 0.3 is 6.03 Å². The molecule has 3 amide bonds. The monoisotopic (exact) mass is 463 g/mol. The van der Waals surface area contributed by atoms with Crippen molar-refractivity contribution in [1.29, 1.82) is 0 Å². The van der Waals surface area contributed by atoms with Crippen LogP contribution in [0.4, 0.5) is 21.9 Å². The van der Waals surface area contributed by atoms with Crippen LogP contribution in [0, 0.1) is 10.1 Å². The van der Waals surface area contributed by atoms with Crippen LogP contribution < -0.4 is 15.5 Å². The summed E-state index contributed by atoms with van der Waals surface area (Å²) in [5.41, 5.74) is 2.54. The minimum absolute atomic E-state index is 0.0543. The van der Waals surface area contributed by atoms with Gasteiger partial charge in [-0.3, -0.25) is 14.9 Å². The molecule has 10 heteroatoms. The van der Waals surface area contributed by atoms with Crippen LogP contribution >= 0.6 is 11.6 Å². The highest BCUT2D eigenvalue weighted by atomic mass is 35.5. The van der Waals surface area contributed by atoms with E-state index in [2.05, 4.69) is 15.6 Å². The standard InChI is InChI=1S/C23H18ClN5O4/c1-28-18-10-6-5-9-16(18)20(14-7-3-2-4-8-14)26-21(22(28)30)27-23(31)25-15-11-12-17(24)19(13-15)29(32)33/h2-13,21H,1H3,(H2,25,27,31)/t21-/m1/s1. The molecular weight excluding hydrogens is 446 g/mol. The summed E-state index contributed by atoms with van der Waals surface area (Å²) in [4.78, 5) is 42.3. The van der Waals surface area contributed by atoms with E-state index in [1.54, 1.807) is 13.1 Å². The number of nitrogens with zero attached hydrogens (tertiary/aromatic N) is 3. The Balaban J connectivity index is 1.66. The SMILES string of the molecule is CN1C(=O)[C@@H](NC(=O)Nc2ccc(Cl)c([N+](=O)[O-])c2)N=C(c2ccccc2)c2ccccc21. The van der Waals surface area contributed by atoms with Crippen molar-refractivity contribution in [3.05, 3.63) is 99.1 Å². The van der Waals surface area contributed by atoms with Crippen LogP contribution in [0.2, 0.25) is 5.02 Å². The highest BCUT2D eigenvalue weighted by molar-refractivity contribution is 6.32. The minimum Gasteiger partial charge on any atom is -0.311 e. The number of aliphatic imine (C=N–C) groups is 1. The first-order valence-electron chi connectivity index (χ1n) is 9.87. The molecule has 1 heterocycles. The molecule has 2 N–H and O–H groups in total. The maximum atomic E-state index is 13.1. The second-order valence-electron chi connectivity index (χ2n) is 7.18. The highest BCUT2D eigenvalue weighted by Crippen LogP contribution is 2.28. The third-order valence-electron chi connectivity index (χ3n) is 5.06. The van der Waals surface area contributed by atoms with Gasteiger partial charge in [0.25, 0.3) is 11.6 Å². The van der Waals surface area contributed by atoms with Crippen molar-refractivity contribution in [2.45, 2.75) is 6.17 Å². The fraction of sp³-hybridized carbons (Fsp3) is 0.0870. The summed E-state index contributed by atoms with van der Waals surface area (Å²) in [6.07, 6.45) is -1.22. The largest absolute Gasteiger partial charge is 0.321 e. The van der Waals surface area contributed by atoms with Gasteiger partial charge in [-0.2, -0.15) is 0 Å². The van der Waals surface area contributed by atoms with Gasteiger partial charge in [0.2, 0.25) is 6.17 Å². The molecule has 1 aliphatic rings. The number of nitro groups is 1. The fourth-order valence-electron chi connectivity index (χ4n) is 3.46. The van der Waals surface area contributed by atoms with E-state index in [1.165, 1.54) is 17.0 Å². The number of fused-ring (bicyclic) bond motifs is 1. The van der Waals surface area contributed by atoms with E-state index in [0.717, 1.165) is 17.2 Å². The Morgan fingerprint density at radius 1 is 1.09 bits per heavy atom. The highest BCUT2D eigenvalue weighted by Gasteiger charge is 2.31. The van der Waals surface area contributed by atoms with Gasteiger partial charge in [-0.05, 0) is 18.2 Å².